The molecule has 0 radical (unpaired) electrons. The maximum Gasteiger partial charge on any atom is 0.271 e. The number of primary amides is 1. The summed E-state index contributed by atoms with van der Waals surface area (Å²) in [6, 6.07) is 7.60. The minimum atomic E-state index is -1.10. The SMILES string of the molecule is CCCOc1ccc(-c2nc(C(=O)NC(C)(CC(C)C)C(N)=O)cs2)cc1. The molecule has 1 atom stereocenters. The van der Waals surface area contributed by atoms with E-state index >= 15 is 0 Å². The van der Waals surface area contributed by atoms with Crippen molar-refractivity contribution < 1.29 is 14.3 Å². The first-order valence-corrected chi connectivity index (χ1v) is 9.94. The zero-order valence-corrected chi connectivity index (χ0v) is 17.1. The van der Waals surface area contributed by atoms with E-state index in [1.54, 1.807) is 12.3 Å². The average molecular weight is 390 g/mol. The Hall–Kier alpha value is -2.41. The molecule has 7 heteroatoms. The van der Waals surface area contributed by atoms with E-state index in [-0.39, 0.29) is 11.6 Å². The lowest BCUT2D eigenvalue weighted by molar-refractivity contribution is -0.124. The Labute approximate surface area is 164 Å². The lowest BCUT2D eigenvalue weighted by Gasteiger charge is -2.28. The van der Waals surface area contributed by atoms with Crippen LogP contribution >= 0.6 is 11.3 Å². The van der Waals surface area contributed by atoms with E-state index in [0.29, 0.717) is 13.0 Å². The lowest BCUT2D eigenvalue weighted by atomic mass is 9.90. The van der Waals surface area contributed by atoms with Gasteiger partial charge in [0.25, 0.3) is 5.91 Å². The molecule has 0 saturated carbocycles. The Morgan fingerprint density at radius 1 is 1.30 bits per heavy atom. The smallest absolute Gasteiger partial charge is 0.271 e. The molecule has 0 aliphatic heterocycles. The highest BCUT2D eigenvalue weighted by molar-refractivity contribution is 7.13. The van der Waals surface area contributed by atoms with Gasteiger partial charge in [0.15, 0.2) is 0 Å². The molecule has 0 fully saturated rings. The number of carbonyl (C=O) groups is 2. The molecule has 2 amide bonds. The quantitative estimate of drug-likeness (QED) is 0.685. The van der Waals surface area contributed by atoms with E-state index in [4.69, 9.17) is 10.5 Å². The molecule has 3 N–H and O–H groups in total. The number of carbonyl (C=O) groups excluding carboxylic acids is 2. The van der Waals surface area contributed by atoms with Crippen molar-refractivity contribution in [3.8, 4) is 16.3 Å². The first kappa shape index (κ1) is 20.9. The van der Waals surface area contributed by atoms with Gasteiger partial charge in [0, 0.05) is 10.9 Å². The van der Waals surface area contributed by atoms with Gasteiger partial charge in [-0.05, 0) is 49.9 Å². The number of amides is 2. The molecule has 1 unspecified atom stereocenters. The van der Waals surface area contributed by atoms with E-state index in [0.717, 1.165) is 22.7 Å². The second-order valence-corrected chi connectivity index (χ2v) is 8.02. The first-order chi connectivity index (χ1) is 12.7. The minimum absolute atomic E-state index is 0.210. The van der Waals surface area contributed by atoms with Crippen LogP contribution in [0.25, 0.3) is 10.6 Å². The van der Waals surface area contributed by atoms with Crippen molar-refractivity contribution in [3.05, 3.63) is 35.3 Å². The van der Waals surface area contributed by atoms with Crippen molar-refractivity contribution in [1.29, 1.82) is 0 Å². The van der Waals surface area contributed by atoms with Gasteiger partial charge in [-0.3, -0.25) is 9.59 Å². The van der Waals surface area contributed by atoms with Crippen LogP contribution in [0.3, 0.4) is 0 Å². The van der Waals surface area contributed by atoms with E-state index < -0.39 is 17.4 Å². The second kappa shape index (κ2) is 8.99. The van der Waals surface area contributed by atoms with Gasteiger partial charge in [-0.15, -0.1) is 11.3 Å². The molecule has 2 aromatic rings. The summed E-state index contributed by atoms with van der Waals surface area (Å²) in [5, 5.41) is 5.16. The van der Waals surface area contributed by atoms with Gasteiger partial charge in [0.2, 0.25) is 5.91 Å². The van der Waals surface area contributed by atoms with Gasteiger partial charge in [-0.2, -0.15) is 0 Å². The maximum absolute atomic E-state index is 12.6. The molecule has 1 heterocycles. The number of hydrogen-bond donors (Lipinski definition) is 2. The third-order valence-corrected chi connectivity index (χ3v) is 4.95. The Kier molecular flexibility index (Phi) is 6.96. The highest BCUT2D eigenvalue weighted by atomic mass is 32.1. The van der Waals surface area contributed by atoms with Crippen LogP contribution in [0.4, 0.5) is 0 Å². The van der Waals surface area contributed by atoms with Crippen molar-refractivity contribution in [1.82, 2.24) is 10.3 Å². The van der Waals surface area contributed by atoms with Crippen LogP contribution in [0.2, 0.25) is 0 Å². The normalized spacial score (nSPS) is 13.2. The summed E-state index contributed by atoms with van der Waals surface area (Å²) in [6.45, 7) is 8.33. The molecular weight excluding hydrogens is 362 g/mol. The van der Waals surface area contributed by atoms with Crippen molar-refractivity contribution in [2.24, 2.45) is 11.7 Å². The largest absolute Gasteiger partial charge is 0.494 e. The third-order valence-electron chi connectivity index (χ3n) is 4.06. The molecule has 1 aromatic carbocycles. The van der Waals surface area contributed by atoms with E-state index in [1.807, 2.05) is 38.1 Å². The number of ether oxygens (including phenoxy) is 1. The highest BCUT2D eigenvalue weighted by Crippen LogP contribution is 2.26. The van der Waals surface area contributed by atoms with Crippen molar-refractivity contribution in [2.45, 2.75) is 46.1 Å². The van der Waals surface area contributed by atoms with Crippen LogP contribution in [0.15, 0.2) is 29.6 Å². The maximum atomic E-state index is 12.6. The van der Waals surface area contributed by atoms with Crippen LogP contribution in [0.5, 0.6) is 5.75 Å². The summed E-state index contributed by atoms with van der Waals surface area (Å²) >= 11 is 1.37. The predicted octanol–water partition coefficient (Wildman–Crippen LogP) is 3.62. The number of aromatic nitrogens is 1. The summed E-state index contributed by atoms with van der Waals surface area (Å²) in [5.74, 6) is 0.0632. The van der Waals surface area contributed by atoms with Crippen molar-refractivity contribution in [3.63, 3.8) is 0 Å². The third kappa shape index (κ3) is 5.53. The number of hydrogen-bond acceptors (Lipinski definition) is 5. The topological polar surface area (TPSA) is 94.3 Å². The Morgan fingerprint density at radius 2 is 1.96 bits per heavy atom. The first-order valence-electron chi connectivity index (χ1n) is 9.06. The minimum Gasteiger partial charge on any atom is -0.494 e. The Bertz CT molecular complexity index is 786. The Morgan fingerprint density at radius 3 is 2.52 bits per heavy atom. The zero-order valence-electron chi connectivity index (χ0n) is 16.2. The van der Waals surface area contributed by atoms with Crippen LogP contribution in [-0.2, 0) is 4.79 Å². The van der Waals surface area contributed by atoms with Gasteiger partial charge >= 0.3 is 0 Å². The average Bonchev–Trinajstić information content (AvgIpc) is 3.09. The fourth-order valence-corrected chi connectivity index (χ4v) is 3.57. The van der Waals surface area contributed by atoms with Crippen LogP contribution in [0, 0.1) is 5.92 Å². The molecular formula is C20H27N3O3S. The van der Waals surface area contributed by atoms with E-state index in [2.05, 4.69) is 17.2 Å². The summed E-state index contributed by atoms with van der Waals surface area (Å²) in [4.78, 5) is 28.8. The summed E-state index contributed by atoms with van der Waals surface area (Å²) in [7, 11) is 0. The van der Waals surface area contributed by atoms with Gasteiger partial charge in [0.1, 0.15) is 22.0 Å². The van der Waals surface area contributed by atoms with E-state index in [1.165, 1.54) is 11.3 Å². The van der Waals surface area contributed by atoms with Gasteiger partial charge in [0.05, 0.1) is 6.61 Å². The predicted molar refractivity (Wildman–Crippen MR) is 108 cm³/mol. The molecule has 27 heavy (non-hydrogen) atoms. The van der Waals surface area contributed by atoms with Crippen LogP contribution in [-0.4, -0.2) is 28.9 Å². The van der Waals surface area contributed by atoms with Crippen LogP contribution < -0.4 is 15.8 Å². The molecule has 1 aromatic heterocycles. The van der Waals surface area contributed by atoms with E-state index in [9.17, 15) is 9.59 Å². The number of nitrogens with one attached hydrogen (secondary N) is 1. The fourth-order valence-electron chi connectivity index (χ4n) is 2.77. The molecule has 0 bridgehead atoms. The summed E-state index contributed by atoms with van der Waals surface area (Å²) in [6.07, 6.45) is 1.41. The molecule has 0 aliphatic carbocycles. The number of nitrogens with zero attached hydrogens (tertiary/aromatic N) is 1. The van der Waals surface area contributed by atoms with Crippen molar-refractivity contribution >= 4 is 23.2 Å². The summed E-state index contributed by atoms with van der Waals surface area (Å²) in [5.41, 5.74) is 5.58. The molecule has 0 spiro atoms. The number of rotatable bonds is 9. The van der Waals surface area contributed by atoms with Crippen LogP contribution in [0.1, 0.15) is 51.0 Å². The van der Waals surface area contributed by atoms with Crippen molar-refractivity contribution in [2.75, 3.05) is 6.61 Å². The standard InChI is InChI=1S/C20H27N3O3S/c1-5-10-26-15-8-6-14(7-9-15)18-22-16(12-27-18)17(24)23-20(4,19(21)25)11-13(2)3/h6-9,12-13H,5,10-11H2,1-4H3,(H2,21,25)(H,23,24). The number of thiazole rings is 1. The van der Waals surface area contributed by atoms with Gasteiger partial charge in [-0.1, -0.05) is 20.8 Å². The second-order valence-electron chi connectivity index (χ2n) is 7.16. The van der Waals surface area contributed by atoms with Gasteiger partial charge in [-0.25, -0.2) is 4.98 Å². The molecule has 6 nitrogen and oxygen atoms in total. The fraction of sp³-hybridized carbons (Fsp3) is 0.450. The monoisotopic (exact) mass is 389 g/mol. The molecule has 2 rings (SSSR count). The highest BCUT2D eigenvalue weighted by Gasteiger charge is 2.34. The lowest BCUT2D eigenvalue weighted by Crippen LogP contribution is -2.56. The molecule has 146 valence electrons. The zero-order chi connectivity index (χ0) is 20.0. The summed E-state index contributed by atoms with van der Waals surface area (Å²) < 4.78 is 5.57. The number of nitrogens with two attached hydrogens (primary N) is 1. The number of benzene rings is 1. The van der Waals surface area contributed by atoms with Gasteiger partial charge < -0.3 is 15.8 Å². The molecule has 0 aliphatic rings. The Balaban J connectivity index is 2.12. The molecule has 0 saturated heterocycles.